The van der Waals surface area contributed by atoms with E-state index in [0.29, 0.717) is 11.8 Å². The van der Waals surface area contributed by atoms with Gasteiger partial charge >= 0.3 is 18.3 Å². The van der Waals surface area contributed by atoms with Gasteiger partial charge in [0.1, 0.15) is 17.8 Å². The van der Waals surface area contributed by atoms with E-state index >= 15 is 0 Å². The molecule has 0 aliphatic heterocycles. The third kappa shape index (κ3) is 13.5. The lowest BCUT2D eigenvalue weighted by Crippen LogP contribution is -2.19. The van der Waals surface area contributed by atoms with E-state index in [2.05, 4.69) is 9.47 Å². The van der Waals surface area contributed by atoms with Crippen LogP contribution in [0.4, 0.5) is 26.3 Å². The second kappa shape index (κ2) is 13.1. The molecule has 0 unspecified atom stereocenters. The summed E-state index contributed by atoms with van der Waals surface area (Å²) >= 11 is 0. The molecule has 172 valence electrons. The van der Waals surface area contributed by atoms with Gasteiger partial charge < -0.3 is 14.6 Å². The molecule has 7 nitrogen and oxygen atoms in total. The number of rotatable bonds is 6. The van der Waals surface area contributed by atoms with Crippen LogP contribution in [-0.2, 0) is 0 Å². The molecule has 3 N–H and O–H groups in total. The van der Waals surface area contributed by atoms with Crippen LogP contribution < -0.4 is 9.47 Å². The molecule has 0 aliphatic rings. The van der Waals surface area contributed by atoms with Gasteiger partial charge in [0.25, 0.3) is 0 Å². The van der Waals surface area contributed by atoms with Crippen LogP contribution in [-0.4, -0.2) is 53.4 Å². The Labute approximate surface area is 171 Å². The number of aromatic carboxylic acids is 1. The molecule has 2 aromatic carbocycles. The van der Waals surface area contributed by atoms with Crippen LogP contribution in [0.3, 0.4) is 0 Å². The fourth-order valence-corrected chi connectivity index (χ4v) is 1.67. The van der Waals surface area contributed by atoms with Crippen molar-refractivity contribution >= 4 is 12.3 Å². The Morgan fingerprint density at radius 2 is 1.13 bits per heavy atom. The van der Waals surface area contributed by atoms with E-state index in [4.69, 9.17) is 15.6 Å². The summed E-state index contributed by atoms with van der Waals surface area (Å²) in [5, 5.41) is 20.5. The lowest BCUT2D eigenvalue weighted by molar-refractivity contribution is -0.176. The fourth-order valence-electron chi connectivity index (χ4n) is 1.67. The number of ether oxygens (including phenoxy) is 2. The van der Waals surface area contributed by atoms with E-state index in [9.17, 15) is 35.9 Å². The van der Waals surface area contributed by atoms with Crippen molar-refractivity contribution in [2.45, 2.75) is 12.4 Å². The van der Waals surface area contributed by atoms with E-state index in [1.54, 1.807) is 0 Å². The van der Waals surface area contributed by atoms with Gasteiger partial charge in [0, 0.05) is 5.56 Å². The molecular weight excluding hydrogens is 442 g/mol. The number of halogens is 6. The van der Waals surface area contributed by atoms with E-state index in [0.717, 1.165) is 0 Å². The Kier molecular flexibility index (Phi) is 11.7. The lowest BCUT2D eigenvalue weighted by Gasteiger charge is -2.08. The molecule has 0 spiro atoms. The average molecular weight is 458 g/mol. The number of alkyl halides is 6. The molecule has 0 aliphatic carbocycles. The predicted octanol–water partition coefficient (Wildman–Crippen LogP) is 4.78. The Morgan fingerprint density at radius 1 is 0.774 bits per heavy atom. The Balaban J connectivity index is 0.000000539. The molecule has 0 radical (unpaired) electrons. The Morgan fingerprint density at radius 3 is 1.42 bits per heavy atom. The standard InChI is InChI=1S/C9H7F3O3.C9H7F3O2.H2O2/c10-9(11,12)5-15-7-3-1-6(2-4-7)8(13)14;10-9(11,12)6-14-8-3-1-7(5-13)2-4-8;1-2/h1-4H,5H2,(H,13,14);1-5H,6H2;1-2H. The summed E-state index contributed by atoms with van der Waals surface area (Å²) in [7, 11) is 0. The summed E-state index contributed by atoms with van der Waals surface area (Å²) < 4.78 is 79.1. The summed E-state index contributed by atoms with van der Waals surface area (Å²) in [6, 6.07) is 10.1. The maximum absolute atomic E-state index is 11.7. The highest BCUT2D eigenvalue weighted by Crippen LogP contribution is 2.19. The topological polar surface area (TPSA) is 113 Å². The molecule has 0 amide bonds. The maximum Gasteiger partial charge on any atom is 0.422 e. The largest absolute Gasteiger partial charge is 0.484 e. The smallest absolute Gasteiger partial charge is 0.422 e. The lowest BCUT2D eigenvalue weighted by atomic mass is 10.2. The first-order valence-electron chi connectivity index (χ1n) is 7.87. The van der Waals surface area contributed by atoms with Crippen molar-refractivity contribution in [2.24, 2.45) is 0 Å². The second-order valence-electron chi connectivity index (χ2n) is 5.32. The van der Waals surface area contributed by atoms with Crippen LogP contribution in [0, 0.1) is 0 Å². The zero-order valence-corrected chi connectivity index (χ0v) is 15.4. The van der Waals surface area contributed by atoms with E-state index in [1.165, 1.54) is 48.5 Å². The van der Waals surface area contributed by atoms with E-state index in [-0.39, 0.29) is 17.1 Å². The van der Waals surface area contributed by atoms with Gasteiger partial charge in [-0.05, 0) is 48.5 Å². The average Bonchev–Trinajstić information content (AvgIpc) is 2.72. The van der Waals surface area contributed by atoms with Gasteiger partial charge in [0.05, 0.1) is 5.56 Å². The molecule has 2 aromatic rings. The number of hydrogen-bond acceptors (Lipinski definition) is 6. The van der Waals surface area contributed by atoms with Crippen LogP contribution in [0.15, 0.2) is 48.5 Å². The van der Waals surface area contributed by atoms with Gasteiger partial charge in [-0.1, -0.05) is 0 Å². The molecule has 31 heavy (non-hydrogen) atoms. The zero-order chi connectivity index (χ0) is 24.1. The van der Waals surface area contributed by atoms with Gasteiger partial charge in [-0.15, -0.1) is 0 Å². The first-order chi connectivity index (χ1) is 14.4. The number of carboxylic acids is 1. The number of benzene rings is 2. The molecule has 0 bridgehead atoms. The predicted molar refractivity (Wildman–Crippen MR) is 93.6 cm³/mol. The number of carboxylic acid groups (broad SMARTS) is 1. The minimum absolute atomic E-state index is 0.00522. The van der Waals surface area contributed by atoms with Crippen molar-refractivity contribution in [1.82, 2.24) is 0 Å². The summed E-state index contributed by atoms with van der Waals surface area (Å²) in [6.07, 6.45) is -8.14. The number of aldehydes is 1. The quantitative estimate of drug-likeness (QED) is 0.247. The third-order valence-electron chi connectivity index (χ3n) is 2.92. The minimum Gasteiger partial charge on any atom is -0.484 e. The van der Waals surface area contributed by atoms with Gasteiger partial charge in [0.15, 0.2) is 13.2 Å². The third-order valence-corrected chi connectivity index (χ3v) is 2.92. The summed E-state index contributed by atoms with van der Waals surface area (Å²) in [6.45, 7) is -2.72. The van der Waals surface area contributed by atoms with Crippen LogP contribution in [0.2, 0.25) is 0 Å². The number of hydrogen-bond donors (Lipinski definition) is 3. The first kappa shape index (κ1) is 27.7. The van der Waals surface area contributed by atoms with Crippen LogP contribution >= 0.6 is 0 Å². The van der Waals surface area contributed by atoms with Crippen molar-refractivity contribution < 1.29 is 61.0 Å². The van der Waals surface area contributed by atoms with Crippen molar-refractivity contribution in [3.05, 3.63) is 59.7 Å². The molecule has 0 heterocycles. The van der Waals surface area contributed by atoms with Crippen LogP contribution in [0.1, 0.15) is 20.7 Å². The monoisotopic (exact) mass is 458 g/mol. The van der Waals surface area contributed by atoms with Crippen molar-refractivity contribution in [2.75, 3.05) is 13.2 Å². The highest BCUT2D eigenvalue weighted by molar-refractivity contribution is 5.87. The van der Waals surface area contributed by atoms with Crippen LogP contribution in [0.5, 0.6) is 11.5 Å². The van der Waals surface area contributed by atoms with Crippen LogP contribution in [0.25, 0.3) is 0 Å². The zero-order valence-electron chi connectivity index (χ0n) is 15.4. The Bertz CT molecular complexity index is 787. The fraction of sp³-hybridized carbons (Fsp3) is 0.222. The molecule has 13 heteroatoms. The van der Waals surface area contributed by atoms with Crippen molar-refractivity contribution in [1.29, 1.82) is 0 Å². The van der Waals surface area contributed by atoms with Gasteiger partial charge in [-0.3, -0.25) is 15.3 Å². The normalized spacial score (nSPS) is 10.6. The summed E-state index contributed by atoms with van der Waals surface area (Å²) in [5.41, 5.74) is 0.388. The first-order valence-corrected chi connectivity index (χ1v) is 7.87. The van der Waals surface area contributed by atoms with Gasteiger partial charge in [0.2, 0.25) is 0 Å². The van der Waals surface area contributed by atoms with Crippen molar-refractivity contribution in [3.63, 3.8) is 0 Å². The van der Waals surface area contributed by atoms with Crippen molar-refractivity contribution in [3.8, 4) is 11.5 Å². The molecule has 0 aromatic heterocycles. The highest BCUT2D eigenvalue weighted by Gasteiger charge is 2.29. The van der Waals surface area contributed by atoms with Gasteiger partial charge in [-0.25, -0.2) is 4.79 Å². The number of carbonyl (C=O) groups excluding carboxylic acids is 1. The molecule has 0 saturated heterocycles. The number of carbonyl (C=O) groups is 2. The molecule has 2 rings (SSSR count). The minimum atomic E-state index is -4.40. The maximum atomic E-state index is 11.7. The van der Waals surface area contributed by atoms with E-state index in [1.807, 2.05) is 0 Å². The molecule has 0 saturated carbocycles. The van der Waals surface area contributed by atoms with Gasteiger partial charge in [-0.2, -0.15) is 26.3 Å². The highest BCUT2D eigenvalue weighted by atomic mass is 19.4. The Hall–Kier alpha value is -3.32. The molecule has 0 fully saturated rings. The molecule has 0 atom stereocenters. The SMILES string of the molecule is O=C(O)c1ccc(OCC(F)(F)F)cc1.O=Cc1ccc(OCC(F)(F)F)cc1.OO. The molecular formula is C18H16F6O7. The summed E-state index contributed by atoms with van der Waals surface area (Å²) in [4.78, 5) is 20.6. The van der Waals surface area contributed by atoms with E-state index < -0.39 is 31.5 Å². The second-order valence-corrected chi connectivity index (χ2v) is 5.32. The summed E-state index contributed by atoms with van der Waals surface area (Å²) in [5.74, 6) is -1.07.